The maximum atomic E-state index is 4.42. The summed E-state index contributed by atoms with van der Waals surface area (Å²) in [6.45, 7) is 2.14. The minimum absolute atomic E-state index is 0. The van der Waals surface area contributed by atoms with E-state index in [1.54, 1.807) is 0 Å². The van der Waals surface area contributed by atoms with Crippen LogP contribution in [0.25, 0.3) is 11.3 Å². The van der Waals surface area contributed by atoms with Crippen molar-refractivity contribution in [3.05, 3.63) is 114 Å². The summed E-state index contributed by atoms with van der Waals surface area (Å²) in [6, 6.07) is 31.6. The lowest BCUT2D eigenvalue weighted by molar-refractivity contribution is 1.18. The van der Waals surface area contributed by atoms with Crippen LogP contribution in [0.3, 0.4) is 0 Å². The molecule has 0 saturated carbocycles. The van der Waals surface area contributed by atoms with Crippen molar-refractivity contribution in [3.63, 3.8) is 0 Å². The van der Waals surface area contributed by atoms with Gasteiger partial charge in [0.1, 0.15) is 0 Å². The van der Waals surface area contributed by atoms with Crippen molar-refractivity contribution in [1.29, 1.82) is 0 Å². The summed E-state index contributed by atoms with van der Waals surface area (Å²) < 4.78 is 0. The van der Waals surface area contributed by atoms with Crippen molar-refractivity contribution in [2.75, 3.05) is 5.32 Å². The smallest absolute Gasteiger partial charge is 0.356 e. The van der Waals surface area contributed by atoms with Crippen LogP contribution in [0.1, 0.15) is 18.1 Å². The van der Waals surface area contributed by atoms with Crippen LogP contribution in [-0.2, 0) is 6.42 Å². The second-order valence-electron chi connectivity index (χ2n) is 6.79. The highest BCUT2D eigenvalue weighted by molar-refractivity contribution is 5.62. The first-order chi connectivity index (χ1) is 13.3. The molecule has 132 valence electrons. The van der Waals surface area contributed by atoms with E-state index in [0.717, 1.165) is 29.1 Å². The molecule has 0 radical (unpaired) electrons. The van der Waals surface area contributed by atoms with Gasteiger partial charge in [0.05, 0.1) is 5.69 Å². The lowest BCUT2D eigenvalue weighted by Crippen LogP contribution is -1.95. The third kappa shape index (κ3) is 4.42. The first kappa shape index (κ1) is 17.0. The van der Waals surface area contributed by atoms with Gasteiger partial charge in [-0.3, -0.25) is 4.98 Å². The van der Waals surface area contributed by atoms with Gasteiger partial charge in [-0.2, -0.15) is 0 Å². The fourth-order valence-corrected chi connectivity index (χ4v) is 3.29. The van der Waals surface area contributed by atoms with Crippen molar-refractivity contribution < 1.29 is 1.43 Å². The Morgan fingerprint density at radius 2 is 1.52 bits per heavy atom. The highest BCUT2D eigenvalue weighted by Crippen LogP contribution is 2.23. The number of aromatic nitrogens is 1. The Bertz CT molecular complexity index is 1010. The van der Waals surface area contributed by atoms with Crippen molar-refractivity contribution in [3.8, 4) is 11.3 Å². The average Bonchev–Trinajstić information content (AvgIpc) is 2.70. The summed E-state index contributed by atoms with van der Waals surface area (Å²) in [5.41, 5.74) is 8.25. The maximum absolute atomic E-state index is 4.42. The van der Waals surface area contributed by atoms with Crippen LogP contribution in [0.2, 0.25) is 0 Å². The Morgan fingerprint density at radius 3 is 2.26 bits per heavy atom. The minimum Gasteiger partial charge on any atom is -0.356 e. The van der Waals surface area contributed by atoms with Crippen molar-refractivity contribution in [2.24, 2.45) is 0 Å². The topological polar surface area (TPSA) is 24.9 Å². The molecule has 2 heteroatoms. The first-order valence-corrected chi connectivity index (χ1v) is 9.19. The van der Waals surface area contributed by atoms with Gasteiger partial charge >= 0.3 is 1.43 Å². The van der Waals surface area contributed by atoms with E-state index in [9.17, 15) is 0 Å². The maximum Gasteiger partial charge on any atom is 1.00 e. The van der Waals surface area contributed by atoms with E-state index in [1.807, 2.05) is 42.6 Å². The van der Waals surface area contributed by atoms with E-state index in [1.165, 1.54) is 16.7 Å². The Hall–Kier alpha value is -3.39. The number of benzene rings is 3. The number of pyridine rings is 1. The predicted molar refractivity (Wildman–Crippen MR) is 114 cm³/mol. The number of anilines is 2. The highest BCUT2D eigenvalue weighted by Gasteiger charge is 2.03. The fourth-order valence-electron chi connectivity index (χ4n) is 3.29. The molecule has 27 heavy (non-hydrogen) atoms. The number of hydrogen-bond donors (Lipinski definition) is 1. The Labute approximate surface area is 162 Å². The van der Waals surface area contributed by atoms with E-state index in [2.05, 4.69) is 71.8 Å². The molecule has 0 amide bonds. The molecule has 1 heterocycles. The molecular formula is C25H23N2+. The second-order valence-corrected chi connectivity index (χ2v) is 6.79. The van der Waals surface area contributed by atoms with Gasteiger partial charge in [0.15, 0.2) is 0 Å². The van der Waals surface area contributed by atoms with E-state index >= 15 is 0 Å². The van der Waals surface area contributed by atoms with Crippen molar-refractivity contribution in [2.45, 2.75) is 13.3 Å². The number of aryl methyl sites for hydroxylation is 1. The van der Waals surface area contributed by atoms with E-state index in [-0.39, 0.29) is 1.43 Å². The molecule has 0 saturated heterocycles. The molecule has 3 aromatic carbocycles. The molecule has 1 N–H and O–H groups in total. The van der Waals surface area contributed by atoms with Crippen molar-refractivity contribution in [1.82, 2.24) is 4.98 Å². The van der Waals surface area contributed by atoms with E-state index < -0.39 is 0 Å². The number of nitrogens with one attached hydrogen (secondary N) is 1. The number of rotatable bonds is 5. The summed E-state index contributed by atoms with van der Waals surface area (Å²) >= 11 is 0. The van der Waals surface area contributed by atoms with E-state index in [4.69, 9.17) is 0 Å². The quantitative estimate of drug-likeness (QED) is 0.444. The lowest BCUT2D eigenvalue weighted by Gasteiger charge is -2.11. The second kappa shape index (κ2) is 7.88. The zero-order valence-electron chi connectivity index (χ0n) is 16.4. The summed E-state index contributed by atoms with van der Waals surface area (Å²) in [5, 5.41) is 3.49. The molecule has 0 aliphatic carbocycles. The van der Waals surface area contributed by atoms with Gasteiger partial charge in [-0.25, -0.2) is 0 Å². The van der Waals surface area contributed by atoms with Gasteiger partial charge in [0.25, 0.3) is 0 Å². The van der Waals surface area contributed by atoms with Crippen LogP contribution in [0.15, 0.2) is 97.2 Å². The van der Waals surface area contributed by atoms with Gasteiger partial charge in [-0.1, -0.05) is 54.6 Å². The zero-order valence-corrected chi connectivity index (χ0v) is 15.4. The minimum atomic E-state index is 0. The zero-order chi connectivity index (χ0) is 18.5. The van der Waals surface area contributed by atoms with Crippen LogP contribution < -0.4 is 5.32 Å². The summed E-state index contributed by atoms with van der Waals surface area (Å²) in [7, 11) is 0. The molecule has 0 aliphatic heterocycles. The van der Waals surface area contributed by atoms with Crippen LogP contribution in [0, 0.1) is 6.92 Å². The third-order valence-corrected chi connectivity index (χ3v) is 4.52. The Balaban J connectivity index is 0.00000225. The van der Waals surface area contributed by atoms with Gasteiger partial charge < -0.3 is 5.32 Å². The molecule has 0 spiro atoms. The molecule has 0 bridgehead atoms. The largest absolute Gasteiger partial charge is 1.00 e. The Kier molecular flexibility index (Phi) is 4.97. The summed E-state index contributed by atoms with van der Waals surface area (Å²) in [6.07, 6.45) is 2.74. The molecule has 0 fully saturated rings. The van der Waals surface area contributed by atoms with Gasteiger partial charge in [0, 0.05) is 23.1 Å². The van der Waals surface area contributed by atoms with Crippen LogP contribution in [0.5, 0.6) is 0 Å². The highest BCUT2D eigenvalue weighted by atomic mass is 14.9. The average molecular weight is 351 g/mol. The Morgan fingerprint density at radius 1 is 0.741 bits per heavy atom. The monoisotopic (exact) mass is 351 g/mol. The van der Waals surface area contributed by atoms with Crippen LogP contribution in [-0.4, -0.2) is 4.98 Å². The molecule has 2 nitrogen and oxygen atoms in total. The van der Waals surface area contributed by atoms with Crippen LogP contribution in [0.4, 0.5) is 11.4 Å². The SMILES string of the molecule is Cc1cc(Cc2ccc(-c3ccccn3)cc2)cc(Nc2ccccc2)c1.[H+]. The summed E-state index contributed by atoms with van der Waals surface area (Å²) in [5.74, 6) is 0. The molecular weight excluding hydrogens is 328 g/mol. The molecule has 0 aliphatic rings. The molecule has 4 aromatic rings. The normalized spacial score (nSPS) is 10.6. The fraction of sp³-hybridized carbons (Fsp3) is 0.0800. The van der Waals surface area contributed by atoms with E-state index in [0.29, 0.717) is 0 Å². The predicted octanol–water partition coefficient (Wildman–Crippen LogP) is 6.50. The number of hydrogen-bond acceptors (Lipinski definition) is 2. The first-order valence-electron chi connectivity index (χ1n) is 9.19. The lowest BCUT2D eigenvalue weighted by atomic mass is 10.0. The molecule has 1 aromatic heterocycles. The molecule has 0 atom stereocenters. The molecule has 4 rings (SSSR count). The molecule has 0 unspecified atom stereocenters. The van der Waals surface area contributed by atoms with Gasteiger partial charge in [0.2, 0.25) is 0 Å². The number of nitrogens with zero attached hydrogens (tertiary/aromatic N) is 1. The van der Waals surface area contributed by atoms with Gasteiger partial charge in [-0.05, 0) is 66.4 Å². The summed E-state index contributed by atoms with van der Waals surface area (Å²) in [4.78, 5) is 4.42. The van der Waals surface area contributed by atoms with Crippen LogP contribution >= 0.6 is 0 Å². The third-order valence-electron chi connectivity index (χ3n) is 4.52. The standard InChI is InChI=1S/C25H22N2/c1-19-15-21(18-24(16-19)27-23-7-3-2-4-8-23)17-20-10-12-22(13-11-20)25-9-5-6-14-26-25/h2-16,18,27H,17H2,1H3/p+1. The van der Waals surface area contributed by atoms with Crippen molar-refractivity contribution >= 4 is 11.4 Å². The van der Waals surface area contributed by atoms with Gasteiger partial charge in [-0.15, -0.1) is 0 Å². The number of para-hydroxylation sites is 1.